The van der Waals surface area contributed by atoms with Crippen molar-refractivity contribution in [2.75, 3.05) is 0 Å². The maximum Gasteiger partial charge on any atom is 0.242 e. The van der Waals surface area contributed by atoms with E-state index < -0.39 is 6.43 Å². The lowest BCUT2D eigenvalue weighted by molar-refractivity contribution is 0.149. The molecule has 0 unspecified atom stereocenters. The molecule has 0 bridgehead atoms. The Kier molecular flexibility index (Phi) is 3.19. The second-order valence-corrected chi connectivity index (χ2v) is 4.43. The van der Waals surface area contributed by atoms with Gasteiger partial charge in [-0.3, -0.25) is 4.98 Å². The number of rotatable bonds is 2. The van der Waals surface area contributed by atoms with Crippen molar-refractivity contribution in [1.82, 2.24) is 4.98 Å². The molecule has 1 aromatic heterocycles. The zero-order valence-electron chi connectivity index (χ0n) is 8.72. The van der Waals surface area contributed by atoms with E-state index in [1.807, 2.05) is 20.8 Å². The van der Waals surface area contributed by atoms with Crippen LogP contribution in [-0.2, 0) is 11.8 Å². The molecule has 0 aromatic carbocycles. The summed E-state index contributed by atoms with van der Waals surface area (Å²) in [6, 6.07) is 1.80. The lowest BCUT2D eigenvalue weighted by atomic mass is 9.87. The monoisotopic (exact) mass is 199 g/mol. The number of hydrogen-bond donors (Lipinski definition) is 0. The average Bonchev–Trinajstić information content (AvgIpc) is 2.01. The van der Waals surface area contributed by atoms with Gasteiger partial charge >= 0.3 is 0 Å². The topological polar surface area (TPSA) is 12.9 Å². The van der Waals surface area contributed by atoms with Crippen LogP contribution in [0.5, 0.6) is 0 Å². The van der Waals surface area contributed by atoms with Crippen molar-refractivity contribution < 1.29 is 8.78 Å². The molecule has 0 amide bonds. The first-order chi connectivity index (χ1) is 6.39. The van der Waals surface area contributed by atoms with Crippen LogP contribution in [0.2, 0.25) is 0 Å². The number of aromatic nitrogens is 1. The largest absolute Gasteiger partial charge is 0.264 e. The molecule has 0 spiro atoms. The molecule has 0 fully saturated rings. The maximum atomic E-state index is 12.1. The van der Waals surface area contributed by atoms with Crippen molar-refractivity contribution in [3.05, 3.63) is 29.6 Å². The third kappa shape index (κ3) is 3.05. The van der Waals surface area contributed by atoms with Gasteiger partial charge < -0.3 is 0 Å². The highest BCUT2D eigenvalue weighted by molar-refractivity contribution is 5.24. The van der Waals surface area contributed by atoms with E-state index in [1.54, 1.807) is 12.3 Å². The molecule has 0 atom stereocenters. The molecule has 78 valence electrons. The van der Waals surface area contributed by atoms with E-state index in [2.05, 4.69) is 4.98 Å². The van der Waals surface area contributed by atoms with Crippen LogP contribution in [0.25, 0.3) is 0 Å². The molecule has 1 rings (SSSR count). The summed E-state index contributed by atoms with van der Waals surface area (Å²) in [5.41, 5.74) is 1.56. The molecule has 0 saturated heterocycles. The summed E-state index contributed by atoms with van der Waals surface area (Å²) in [6.45, 7) is 6.11. The average molecular weight is 199 g/mol. The number of halogens is 2. The fourth-order valence-corrected chi connectivity index (χ4v) is 1.19. The third-order valence-electron chi connectivity index (χ3n) is 2.05. The number of nitrogens with zero attached hydrogens (tertiary/aromatic N) is 1. The minimum Gasteiger partial charge on any atom is -0.264 e. The first-order valence-corrected chi connectivity index (χ1v) is 4.62. The van der Waals surface area contributed by atoms with Crippen molar-refractivity contribution in [3.63, 3.8) is 0 Å². The molecule has 0 aliphatic heterocycles. The number of hydrogen-bond acceptors (Lipinski definition) is 1. The summed E-state index contributed by atoms with van der Waals surface area (Å²) in [5, 5.41) is 0. The van der Waals surface area contributed by atoms with Gasteiger partial charge in [0.2, 0.25) is 6.43 Å². The molecule has 1 nitrogen and oxygen atoms in total. The normalized spacial score (nSPS) is 12.1. The van der Waals surface area contributed by atoms with Crippen molar-refractivity contribution in [2.45, 2.75) is 39.0 Å². The Morgan fingerprint density at radius 2 is 1.93 bits per heavy atom. The van der Waals surface area contributed by atoms with Gasteiger partial charge in [-0.2, -0.15) is 0 Å². The van der Waals surface area contributed by atoms with Gasteiger partial charge in [0, 0.05) is 18.8 Å². The van der Waals surface area contributed by atoms with E-state index in [-0.39, 0.29) is 11.8 Å². The van der Waals surface area contributed by atoms with E-state index in [1.165, 1.54) is 6.20 Å². The van der Waals surface area contributed by atoms with Gasteiger partial charge in [-0.15, -0.1) is 0 Å². The van der Waals surface area contributed by atoms with Gasteiger partial charge in [0.15, 0.2) is 0 Å². The van der Waals surface area contributed by atoms with Crippen LogP contribution >= 0.6 is 0 Å². The van der Waals surface area contributed by atoms with Crippen LogP contribution in [0.3, 0.4) is 0 Å². The summed E-state index contributed by atoms with van der Waals surface area (Å²) in [7, 11) is 0. The van der Waals surface area contributed by atoms with Crippen LogP contribution in [0.1, 0.15) is 31.9 Å². The third-order valence-corrected chi connectivity index (χ3v) is 2.05. The molecule has 0 radical (unpaired) electrons. The molecule has 0 aliphatic rings. The van der Waals surface area contributed by atoms with Gasteiger partial charge in [-0.1, -0.05) is 26.8 Å². The molecule has 0 aliphatic carbocycles. The Hall–Kier alpha value is -0.990. The number of alkyl halides is 2. The molecule has 3 heteroatoms. The maximum absolute atomic E-state index is 12.1. The Bertz CT molecular complexity index is 302. The zero-order chi connectivity index (χ0) is 10.8. The van der Waals surface area contributed by atoms with Crippen molar-refractivity contribution >= 4 is 0 Å². The SMILES string of the molecule is CC(C)(C)c1cncc(CC(F)F)c1. The van der Waals surface area contributed by atoms with Crippen molar-refractivity contribution in [3.8, 4) is 0 Å². The molecular weight excluding hydrogens is 184 g/mol. The van der Waals surface area contributed by atoms with Gasteiger partial charge in [-0.05, 0) is 16.5 Å². The quantitative estimate of drug-likeness (QED) is 0.712. The predicted molar refractivity (Wildman–Crippen MR) is 52.6 cm³/mol. The first-order valence-electron chi connectivity index (χ1n) is 4.62. The highest BCUT2D eigenvalue weighted by Gasteiger charge is 2.15. The van der Waals surface area contributed by atoms with Gasteiger partial charge in [0.1, 0.15) is 0 Å². The molecule has 0 N–H and O–H groups in total. The molecule has 1 aromatic rings. The first kappa shape index (κ1) is 11.1. The lowest BCUT2D eigenvalue weighted by Crippen LogP contribution is -2.12. The van der Waals surface area contributed by atoms with E-state index >= 15 is 0 Å². The Labute approximate surface area is 83.2 Å². The summed E-state index contributed by atoms with van der Waals surface area (Å²) in [6.07, 6.45) is 0.722. The van der Waals surface area contributed by atoms with E-state index in [0.717, 1.165) is 5.56 Å². The molecular formula is C11H15F2N. The lowest BCUT2D eigenvalue weighted by Gasteiger charge is -2.19. The van der Waals surface area contributed by atoms with Gasteiger partial charge in [0.05, 0.1) is 0 Å². The summed E-state index contributed by atoms with van der Waals surface area (Å²) in [4.78, 5) is 3.97. The second kappa shape index (κ2) is 4.03. The summed E-state index contributed by atoms with van der Waals surface area (Å²) >= 11 is 0. The molecule has 14 heavy (non-hydrogen) atoms. The molecule has 1 heterocycles. The Morgan fingerprint density at radius 1 is 1.29 bits per heavy atom. The Balaban J connectivity index is 2.90. The minimum atomic E-state index is -2.30. The smallest absolute Gasteiger partial charge is 0.242 e. The fourth-order valence-electron chi connectivity index (χ4n) is 1.19. The Morgan fingerprint density at radius 3 is 2.43 bits per heavy atom. The van der Waals surface area contributed by atoms with Crippen LogP contribution in [0, 0.1) is 0 Å². The fraction of sp³-hybridized carbons (Fsp3) is 0.545. The highest BCUT2D eigenvalue weighted by Crippen LogP contribution is 2.22. The van der Waals surface area contributed by atoms with Crippen molar-refractivity contribution in [2.24, 2.45) is 0 Å². The second-order valence-electron chi connectivity index (χ2n) is 4.43. The van der Waals surface area contributed by atoms with E-state index in [0.29, 0.717) is 5.56 Å². The van der Waals surface area contributed by atoms with Crippen LogP contribution < -0.4 is 0 Å². The minimum absolute atomic E-state index is 0.0366. The summed E-state index contributed by atoms with van der Waals surface area (Å²) < 4.78 is 24.2. The van der Waals surface area contributed by atoms with Crippen LogP contribution in [-0.4, -0.2) is 11.4 Å². The summed E-state index contributed by atoms with van der Waals surface area (Å²) in [5.74, 6) is 0. The zero-order valence-corrected chi connectivity index (χ0v) is 8.72. The number of pyridine rings is 1. The predicted octanol–water partition coefficient (Wildman–Crippen LogP) is 3.19. The van der Waals surface area contributed by atoms with Gasteiger partial charge in [0.25, 0.3) is 0 Å². The molecule has 0 saturated carbocycles. The van der Waals surface area contributed by atoms with Crippen LogP contribution in [0.15, 0.2) is 18.5 Å². The van der Waals surface area contributed by atoms with Gasteiger partial charge in [-0.25, -0.2) is 8.78 Å². The van der Waals surface area contributed by atoms with Crippen LogP contribution in [0.4, 0.5) is 8.78 Å². The van der Waals surface area contributed by atoms with E-state index in [4.69, 9.17) is 0 Å². The van der Waals surface area contributed by atoms with Crippen molar-refractivity contribution in [1.29, 1.82) is 0 Å². The van der Waals surface area contributed by atoms with E-state index in [9.17, 15) is 8.78 Å². The highest BCUT2D eigenvalue weighted by atomic mass is 19.3. The standard InChI is InChI=1S/C11H15F2N/c1-11(2,3)9-4-8(5-10(12)13)6-14-7-9/h4,6-7,10H,5H2,1-3H3.